The molecule has 2 rings (SSSR count). The van der Waals surface area contributed by atoms with Crippen molar-refractivity contribution in [1.29, 1.82) is 0 Å². The zero-order chi connectivity index (χ0) is 14.5. The number of anilines is 1. The molecule has 1 amide bonds. The lowest BCUT2D eigenvalue weighted by molar-refractivity contribution is 0.0955. The van der Waals surface area contributed by atoms with E-state index in [-0.39, 0.29) is 17.3 Å². The summed E-state index contributed by atoms with van der Waals surface area (Å²) in [5.41, 5.74) is 7.46. The van der Waals surface area contributed by atoms with Gasteiger partial charge in [-0.1, -0.05) is 29.8 Å². The fourth-order valence-corrected chi connectivity index (χ4v) is 1.99. The highest BCUT2D eigenvalue weighted by atomic mass is 35.5. The Balaban J connectivity index is 1.92. The van der Waals surface area contributed by atoms with Gasteiger partial charge in [0, 0.05) is 6.54 Å². The highest BCUT2D eigenvalue weighted by Gasteiger charge is 2.10. The molecule has 5 heteroatoms. The number of para-hydroxylation sites is 1. The number of carbonyl (C=O) groups excluding carboxylic acids is 1. The molecule has 0 aliphatic carbocycles. The molecule has 20 heavy (non-hydrogen) atoms. The van der Waals surface area contributed by atoms with Crippen LogP contribution in [0.2, 0.25) is 5.02 Å². The molecule has 0 bridgehead atoms. The number of amides is 1. The topological polar surface area (TPSA) is 75.4 Å². The number of halogens is 1. The van der Waals surface area contributed by atoms with E-state index in [0.29, 0.717) is 23.6 Å². The molecule has 0 aromatic heterocycles. The summed E-state index contributed by atoms with van der Waals surface area (Å²) in [6.45, 7) is 0.482. The van der Waals surface area contributed by atoms with Crippen LogP contribution < -0.4 is 11.1 Å². The molecule has 104 valence electrons. The van der Waals surface area contributed by atoms with E-state index in [9.17, 15) is 9.90 Å². The number of nitrogens with two attached hydrogens (primary N) is 1. The molecule has 0 unspecified atom stereocenters. The van der Waals surface area contributed by atoms with Crippen molar-refractivity contribution in [3.63, 3.8) is 0 Å². The van der Waals surface area contributed by atoms with Crippen LogP contribution in [-0.4, -0.2) is 17.6 Å². The molecular formula is C15H15ClN2O2. The van der Waals surface area contributed by atoms with Crippen LogP contribution in [0, 0.1) is 0 Å². The molecule has 0 saturated heterocycles. The third-order valence-electron chi connectivity index (χ3n) is 2.93. The van der Waals surface area contributed by atoms with E-state index in [1.54, 1.807) is 30.3 Å². The fourth-order valence-electron chi connectivity index (χ4n) is 1.81. The molecule has 0 aliphatic heterocycles. The van der Waals surface area contributed by atoms with Crippen molar-refractivity contribution in [3.05, 3.63) is 58.6 Å². The van der Waals surface area contributed by atoms with Crippen LogP contribution >= 0.6 is 11.6 Å². The smallest absolute Gasteiger partial charge is 0.253 e. The Labute approximate surface area is 122 Å². The van der Waals surface area contributed by atoms with Gasteiger partial charge in [-0.05, 0) is 36.2 Å². The summed E-state index contributed by atoms with van der Waals surface area (Å²) < 4.78 is 0. The van der Waals surface area contributed by atoms with Crippen molar-refractivity contribution in [2.75, 3.05) is 12.3 Å². The maximum absolute atomic E-state index is 12.0. The molecule has 2 aromatic carbocycles. The predicted octanol–water partition coefficient (Wildman–Crippen LogP) is 2.60. The van der Waals surface area contributed by atoms with E-state index in [4.69, 9.17) is 17.3 Å². The van der Waals surface area contributed by atoms with Gasteiger partial charge in [0.25, 0.3) is 5.91 Å². The number of nitrogen functional groups attached to an aromatic ring is 1. The third-order valence-corrected chi connectivity index (χ3v) is 3.26. The van der Waals surface area contributed by atoms with Crippen LogP contribution in [0.3, 0.4) is 0 Å². The van der Waals surface area contributed by atoms with Crippen LogP contribution in [0.5, 0.6) is 5.75 Å². The average Bonchev–Trinajstić information content (AvgIpc) is 2.44. The number of carbonyl (C=O) groups is 1. The van der Waals surface area contributed by atoms with E-state index >= 15 is 0 Å². The third kappa shape index (κ3) is 3.42. The zero-order valence-electron chi connectivity index (χ0n) is 10.8. The quantitative estimate of drug-likeness (QED) is 0.758. The first-order valence-corrected chi connectivity index (χ1v) is 6.56. The Morgan fingerprint density at radius 3 is 2.60 bits per heavy atom. The van der Waals surface area contributed by atoms with Gasteiger partial charge in [-0.25, -0.2) is 0 Å². The highest BCUT2D eigenvalue weighted by molar-refractivity contribution is 6.33. The number of phenols is 1. The minimum absolute atomic E-state index is 0.226. The first kappa shape index (κ1) is 14.2. The highest BCUT2D eigenvalue weighted by Crippen LogP contribution is 2.22. The first-order valence-electron chi connectivity index (χ1n) is 6.18. The summed E-state index contributed by atoms with van der Waals surface area (Å²) in [6.07, 6.45) is 0.673. The van der Waals surface area contributed by atoms with Crippen molar-refractivity contribution in [2.24, 2.45) is 0 Å². The molecule has 2 aromatic rings. The van der Waals surface area contributed by atoms with Crippen LogP contribution in [0.15, 0.2) is 42.5 Å². The largest absolute Gasteiger partial charge is 0.508 e. The molecule has 4 nitrogen and oxygen atoms in total. The van der Waals surface area contributed by atoms with Crippen LogP contribution in [0.25, 0.3) is 0 Å². The molecule has 0 saturated carbocycles. The van der Waals surface area contributed by atoms with E-state index in [0.717, 1.165) is 5.56 Å². The Hall–Kier alpha value is -2.20. The fraction of sp³-hybridized carbons (Fsp3) is 0.133. The second-order valence-electron chi connectivity index (χ2n) is 4.37. The lowest BCUT2D eigenvalue weighted by Gasteiger charge is -2.08. The van der Waals surface area contributed by atoms with Crippen LogP contribution in [0.4, 0.5) is 5.69 Å². The average molecular weight is 291 g/mol. The van der Waals surface area contributed by atoms with Gasteiger partial charge >= 0.3 is 0 Å². The number of aromatic hydroxyl groups is 1. The minimum atomic E-state index is -0.247. The molecule has 0 heterocycles. The number of hydrogen-bond acceptors (Lipinski definition) is 3. The Bertz CT molecular complexity index is 612. The molecule has 0 spiro atoms. The number of benzene rings is 2. The lowest BCUT2D eigenvalue weighted by atomic mass is 10.1. The van der Waals surface area contributed by atoms with E-state index < -0.39 is 0 Å². The molecule has 0 aliphatic rings. The van der Waals surface area contributed by atoms with Gasteiger partial charge in [0.2, 0.25) is 0 Å². The second kappa shape index (κ2) is 6.30. The number of hydrogen-bond donors (Lipinski definition) is 3. The molecular weight excluding hydrogens is 276 g/mol. The van der Waals surface area contributed by atoms with Gasteiger partial charge in [0.05, 0.1) is 16.3 Å². The molecule has 0 radical (unpaired) electrons. The summed E-state index contributed by atoms with van der Waals surface area (Å²) in [5, 5.41) is 12.3. The number of phenolic OH excluding ortho intramolecular Hbond substituents is 1. The van der Waals surface area contributed by atoms with Gasteiger partial charge in [0.15, 0.2) is 0 Å². The van der Waals surface area contributed by atoms with Crippen LogP contribution in [0.1, 0.15) is 15.9 Å². The number of nitrogens with one attached hydrogen (secondary N) is 1. The SMILES string of the molecule is Nc1c(Cl)cccc1C(=O)NCCc1ccc(O)cc1. The summed E-state index contributed by atoms with van der Waals surface area (Å²) in [7, 11) is 0. The van der Waals surface area contributed by atoms with Gasteiger partial charge in [-0.3, -0.25) is 4.79 Å². The standard InChI is InChI=1S/C15H15ClN2O2/c16-13-3-1-2-12(14(13)17)15(20)18-9-8-10-4-6-11(19)7-5-10/h1-7,19H,8-9,17H2,(H,18,20). The maximum Gasteiger partial charge on any atom is 0.253 e. The van der Waals surface area contributed by atoms with E-state index in [1.807, 2.05) is 12.1 Å². The maximum atomic E-state index is 12.0. The predicted molar refractivity (Wildman–Crippen MR) is 80.0 cm³/mol. The molecule has 0 fully saturated rings. The monoisotopic (exact) mass is 290 g/mol. The Kier molecular flexibility index (Phi) is 4.48. The van der Waals surface area contributed by atoms with Crippen molar-refractivity contribution in [2.45, 2.75) is 6.42 Å². The van der Waals surface area contributed by atoms with Crippen molar-refractivity contribution in [3.8, 4) is 5.75 Å². The van der Waals surface area contributed by atoms with Gasteiger partial charge in [-0.15, -0.1) is 0 Å². The van der Waals surface area contributed by atoms with Crippen LogP contribution in [-0.2, 0) is 6.42 Å². The summed E-state index contributed by atoms with van der Waals surface area (Å²) in [4.78, 5) is 12.0. The van der Waals surface area contributed by atoms with E-state index in [2.05, 4.69) is 5.32 Å². The zero-order valence-corrected chi connectivity index (χ0v) is 11.5. The van der Waals surface area contributed by atoms with E-state index in [1.165, 1.54) is 0 Å². The van der Waals surface area contributed by atoms with Crippen molar-refractivity contribution >= 4 is 23.2 Å². The van der Waals surface area contributed by atoms with Gasteiger partial charge in [0.1, 0.15) is 5.75 Å². The second-order valence-corrected chi connectivity index (χ2v) is 4.78. The first-order chi connectivity index (χ1) is 9.58. The summed E-state index contributed by atoms with van der Waals surface area (Å²) in [6, 6.07) is 11.8. The summed E-state index contributed by atoms with van der Waals surface area (Å²) in [5.74, 6) is -0.0201. The normalized spacial score (nSPS) is 10.2. The molecule has 0 atom stereocenters. The summed E-state index contributed by atoms with van der Waals surface area (Å²) >= 11 is 5.87. The van der Waals surface area contributed by atoms with Crippen molar-refractivity contribution in [1.82, 2.24) is 5.32 Å². The van der Waals surface area contributed by atoms with Crippen molar-refractivity contribution < 1.29 is 9.90 Å². The van der Waals surface area contributed by atoms with Gasteiger partial charge in [-0.2, -0.15) is 0 Å². The lowest BCUT2D eigenvalue weighted by Crippen LogP contribution is -2.26. The Morgan fingerprint density at radius 1 is 1.20 bits per heavy atom. The Morgan fingerprint density at radius 2 is 1.90 bits per heavy atom. The minimum Gasteiger partial charge on any atom is -0.508 e. The van der Waals surface area contributed by atoms with Gasteiger partial charge < -0.3 is 16.2 Å². The number of rotatable bonds is 4. The molecule has 4 N–H and O–H groups in total.